The average molecular weight is 279 g/mol. The SMILES string of the molecule is CC(C)(NS(=O)(=O)CC(N)=S)c1nccs1. The van der Waals surface area contributed by atoms with Crippen LogP contribution in [0.5, 0.6) is 0 Å². The lowest BCUT2D eigenvalue weighted by atomic mass is 10.1. The lowest BCUT2D eigenvalue weighted by molar-refractivity contribution is 0.471. The van der Waals surface area contributed by atoms with Gasteiger partial charge in [0, 0.05) is 11.6 Å². The average Bonchev–Trinajstić information content (AvgIpc) is 2.48. The van der Waals surface area contributed by atoms with Crippen molar-refractivity contribution in [1.82, 2.24) is 9.71 Å². The molecule has 0 aliphatic rings. The van der Waals surface area contributed by atoms with E-state index in [1.54, 1.807) is 25.4 Å². The Balaban J connectivity index is 2.85. The molecule has 0 saturated carbocycles. The van der Waals surface area contributed by atoms with Crippen molar-refractivity contribution < 1.29 is 8.42 Å². The molecule has 1 aromatic heterocycles. The Labute approximate surface area is 104 Å². The number of thiocarbonyl (C=S) groups is 1. The van der Waals surface area contributed by atoms with Gasteiger partial charge in [-0.25, -0.2) is 18.1 Å². The second-order valence-corrected chi connectivity index (χ2v) is 6.93. The summed E-state index contributed by atoms with van der Waals surface area (Å²) in [5.74, 6) is -0.350. The first-order valence-corrected chi connectivity index (χ1v) is 7.37. The summed E-state index contributed by atoms with van der Waals surface area (Å²) in [6.07, 6.45) is 1.63. The number of nitrogens with one attached hydrogen (secondary N) is 1. The van der Waals surface area contributed by atoms with Gasteiger partial charge in [0.1, 0.15) is 10.8 Å². The summed E-state index contributed by atoms with van der Waals surface area (Å²) in [5, 5.41) is 2.48. The van der Waals surface area contributed by atoms with Gasteiger partial charge in [-0.1, -0.05) is 12.2 Å². The number of sulfonamides is 1. The number of hydrogen-bond acceptors (Lipinski definition) is 5. The Bertz CT molecular complexity index is 465. The number of hydrogen-bond donors (Lipinski definition) is 2. The standard InChI is InChI=1S/C8H13N3O2S3/c1-8(2,7-10-3-4-15-7)11-16(12,13)5-6(9)14/h3-4,11H,5H2,1-2H3,(H2,9,14). The number of nitrogens with zero attached hydrogens (tertiary/aromatic N) is 1. The van der Waals surface area contributed by atoms with Gasteiger partial charge in [0.05, 0.1) is 10.5 Å². The van der Waals surface area contributed by atoms with Gasteiger partial charge in [0.25, 0.3) is 0 Å². The molecule has 3 N–H and O–H groups in total. The number of nitrogens with two attached hydrogens (primary N) is 1. The minimum atomic E-state index is -3.51. The molecule has 0 aliphatic heterocycles. The molecule has 0 atom stereocenters. The molecule has 1 aromatic rings. The van der Waals surface area contributed by atoms with Crippen molar-refractivity contribution >= 4 is 38.6 Å². The Hall–Kier alpha value is -0.570. The Morgan fingerprint density at radius 3 is 2.75 bits per heavy atom. The molecule has 5 nitrogen and oxygen atoms in total. The van der Waals surface area contributed by atoms with Crippen LogP contribution in [0.2, 0.25) is 0 Å². The molecule has 90 valence electrons. The monoisotopic (exact) mass is 279 g/mol. The van der Waals surface area contributed by atoms with Crippen molar-refractivity contribution in [3.05, 3.63) is 16.6 Å². The van der Waals surface area contributed by atoms with E-state index in [-0.39, 0.29) is 10.7 Å². The van der Waals surface area contributed by atoms with Gasteiger partial charge in [-0.2, -0.15) is 0 Å². The maximum absolute atomic E-state index is 11.7. The summed E-state index contributed by atoms with van der Waals surface area (Å²) in [6.45, 7) is 3.48. The largest absolute Gasteiger partial charge is 0.392 e. The molecule has 0 amide bonds. The molecule has 16 heavy (non-hydrogen) atoms. The summed E-state index contributed by atoms with van der Waals surface area (Å²) < 4.78 is 25.8. The van der Waals surface area contributed by atoms with Crippen molar-refractivity contribution in [2.24, 2.45) is 5.73 Å². The number of aromatic nitrogens is 1. The predicted molar refractivity (Wildman–Crippen MR) is 68.8 cm³/mol. The van der Waals surface area contributed by atoms with Crippen LogP contribution in [0.4, 0.5) is 0 Å². The quantitative estimate of drug-likeness (QED) is 0.770. The van der Waals surface area contributed by atoms with Crippen molar-refractivity contribution in [2.75, 3.05) is 5.75 Å². The lowest BCUT2D eigenvalue weighted by Crippen LogP contribution is -2.43. The molecule has 0 fully saturated rings. The van der Waals surface area contributed by atoms with Crippen LogP contribution in [0.1, 0.15) is 18.9 Å². The van der Waals surface area contributed by atoms with Crippen molar-refractivity contribution in [2.45, 2.75) is 19.4 Å². The molecule has 0 bridgehead atoms. The third-order valence-electron chi connectivity index (χ3n) is 1.71. The van der Waals surface area contributed by atoms with Gasteiger partial charge in [-0.3, -0.25) is 0 Å². The molecular formula is C8H13N3O2S3. The van der Waals surface area contributed by atoms with Crippen molar-refractivity contribution in [1.29, 1.82) is 0 Å². The highest BCUT2D eigenvalue weighted by Crippen LogP contribution is 2.22. The zero-order valence-electron chi connectivity index (χ0n) is 8.93. The third kappa shape index (κ3) is 3.78. The minimum Gasteiger partial charge on any atom is -0.392 e. The Morgan fingerprint density at radius 2 is 2.31 bits per heavy atom. The van der Waals surface area contributed by atoms with Gasteiger partial charge in [0.15, 0.2) is 0 Å². The molecule has 0 aliphatic carbocycles. The highest BCUT2D eigenvalue weighted by molar-refractivity contribution is 7.92. The van der Waals surface area contributed by atoms with E-state index in [1.807, 2.05) is 0 Å². The van der Waals surface area contributed by atoms with Crippen LogP contribution in [0, 0.1) is 0 Å². The predicted octanol–water partition coefficient (Wildman–Crippen LogP) is 0.584. The molecule has 8 heteroatoms. The molecule has 0 aromatic carbocycles. The van der Waals surface area contributed by atoms with Gasteiger partial charge in [-0.15, -0.1) is 11.3 Å². The summed E-state index contributed by atoms with van der Waals surface area (Å²) >= 11 is 5.97. The Morgan fingerprint density at radius 1 is 1.69 bits per heavy atom. The molecular weight excluding hydrogens is 266 g/mol. The van der Waals surface area contributed by atoms with Crippen molar-refractivity contribution in [3.8, 4) is 0 Å². The second kappa shape index (κ2) is 4.74. The van der Waals surface area contributed by atoms with E-state index in [2.05, 4.69) is 21.9 Å². The highest BCUT2D eigenvalue weighted by Gasteiger charge is 2.29. The summed E-state index contributed by atoms with van der Waals surface area (Å²) in [4.78, 5) is 4.03. The lowest BCUT2D eigenvalue weighted by Gasteiger charge is -2.23. The summed E-state index contributed by atoms with van der Waals surface area (Å²) in [7, 11) is -3.51. The highest BCUT2D eigenvalue weighted by atomic mass is 32.2. The maximum atomic E-state index is 11.7. The first kappa shape index (κ1) is 13.5. The topological polar surface area (TPSA) is 85.1 Å². The van der Waals surface area contributed by atoms with E-state index in [1.165, 1.54) is 11.3 Å². The first-order chi connectivity index (χ1) is 7.23. The van der Waals surface area contributed by atoms with Crippen LogP contribution in [-0.4, -0.2) is 24.1 Å². The van der Waals surface area contributed by atoms with Gasteiger partial charge >= 0.3 is 0 Å². The fraction of sp³-hybridized carbons (Fsp3) is 0.500. The van der Waals surface area contributed by atoms with Crippen LogP contribution in [0.25, 0.3) is 0 Å². The molecule has 1 heterocycles. The number of rotatable bonds is 5. The molecule has 0 unspecified atom stereocenters. The zero-order valence-corrected chi connectivity index (χ0v) is 11.4. The fourth-order valence-electron chi connectivity index (χ4n) is 1.19. The summed E-state index contributed by atoms with van der Waals surface area (Å²) in [5.41, 5.74) is 4.46. The summed E-state index contributed by atoms with van der Waals surface area (Å²) in [6, 6.07) is 0. The van der Waals surface area contributed by atoms with E-state index in [0.717, 1.165) is 0 Å². The van der Waals surface area contributed by atoms with Crippen molar-refractivity contribution in [3.63, 3.8) is 0 Å². The molecule has 0 spiro atoms. The smallest absolute Gasteiger partial charge is 0.218 e. The van der Waals surface area contributed by atoms with Gasteiger partial charge in [-0.05, 0) is 13.8 Å². The fourth-order valence-corrected chi connectivity index (χ4v) is 3.76. The van der Waals surface area contributed by atoms with E-state index in [4.69, 9.17) is 5.73 Å². The molecule has 0 radical (unpaired) electrons. The normalized spacial score (nSPS) is 12.6. The van der Waals surface area contributed by atoms with Crippen LogP contribution in [-0.2, 0) is 15.6 Å². The maximum Gasteiger partial charge on any atom is 0.218 e. The third-order valence-corrected chi connectivity index (χ3v) is 4.65. The van der Waals surface area contributed by atoms with Crippen LogP contribution >= 0.6 is 23.6 Å². The van der Waals surface area contributed by atoms with E-state index >= 15 is 0 Å². The Kier molecular flexibility index (Phi) is 4.00. The van der Waals surface area contributed by atoms with Gasteiger partial charge in [0.2, 0.25) is 10.0 Å². The van der Waals surface area contributed by atoms with Gasteiger partial charge < -0.3 is 5.73 Å². The molecule has 1 rings (SSSR count). The van der Waals surface area contributed by atoms with Crippen LogP contribution < -0.4 is 10.5 Å². The number of thiazole rings is 1. The minimum absolute atomic E-state index is 0.0533. The molecule has 0 saturated heterocycles. The zero-order chi connectivity index (χ0) is 12.4. The van der Waals surface area contributed by atoms with E-state index in [9.17, 15) is 8.42 Å². The van der Waals surface area contributed by atoms with E-state index < -0.39 is 15.6 Å². The van der Waals surface area contributed by atoms with Crippen LogP contribution in [0.15, 0.2) is 11.6 Å². The first-order valence-electron chi connectivity index (χ1n) is 4.43. The second-order valence-electron chi connectivity index (χ2n) is 3.79. The van der Waals surface area contributed by atoms with E-state index in [0.29, 0.717) is 5.01 Å². The van der Waals surface area contributed by atoms with Crippen LogP contribution in [0.3, 0.4) is 0 Å².